The molecule has 106 valence electrons. The summed E-state index contributed by atoms with van der Waals surface area (Å²) in [6.45, 7) is 5.74. The zero-order chi connectivity index (χ0) is 13.5. The Morgan fingerprint density at radius 1 is 1.39 bits per heavy atom. The lowest BCUT2D eigenvalue weighted by Crippen LogP contribution is -2.36. The van der Waals surface area contributed by atoms with E-state index in [0.717, 1.165) is 38.4 Å². The topological polar surface area (TPSA) is 58.4 Å². The Morgan fingerprint density at radius 2 is 2.06 bits per heavy atom. The van der Waals surface area contributed by atoms with Crippen LogP contribution in [-0.4, -0.2) is 43.0 Å². The van der Waals surface area contributed by atoms with Gasteiger partial charge in [0.1, 0.15) is 0 Å². The van der Waals surface area contributed by atoms with Crippen LogP contribution in [0.3, 0.4) is 0 Å². The number of nitrogens with one attached hydrogen (secondary N) is 1. The second kappa shape index (κ2) is 7.74. The second-order valence-electron chi connectivity index (χ2n) is 5.81. The third kappa shape index (κ3) is 6.36. The molecule has 0 saturated heterocycles. The van der Waals surface area contributed by atoms with Crippen molar-refractivity contribution in [1.82, 2.24) is 10.2 Å². The van der Waals surface area contributed by atoms with Gasteiger partial charge >= 0.3 is 0 Å². The maximum atomic E-state index is 11.8. The van der Waals surface area contributed by atoms with Crippen LogP contribution in [0.2, 0.25) is 0 Å². The first-order valence-electron chi connectivity index (χ1n) is 7.24. The van der Waals surface area contributed by atoms with E-state index in [4.69, 9.17) is 5.73 Å². The van der Waals surface area contributed by atoms with E-state index < -0.39 is 0 Å². The maximum absolute atomic E-state index is 11.8. The normalized spacial score (nSPS) is 18.7. The fraction of sp³-hybridized carbons (Fsp3) is 0.929. The molecule has 3 N–H and O–H groups in total. The minimum absolute atomic E-state index is 0.106. The molecule has 1 amide bonds. The van der Waals surface area contributed by atoms with Crippen LogP contribution < -0.4 is 11.1 Å². The molecule has 2 unspecified atom stereocenters. The van der Waals surface area contributed by atoms with Gasteiger partial charge in [0.15, 0.2) is 0 Å². The first-order valence-corrected chi connectivity index (χ1v) is 7.24. The zero-order valence-electron chi connectivity index (χ0n) is 12.1. The summed E-state index contributed by atoms with van der Waals surface area (Å²) in [5.74, 6) is 0.291. The van der Waals surface area contributed by atoms with E-state index in [0.29, 0.717) is 0 Å². The van der Waals surface area contributed by atoms with Crippen molar-refractivity contribution in [3.63, 3.8) is 0 Å². The molecule has 1 aliphatic rings. The molecule has 1 saturated carbocycles. The predicted octanol–water partition coefficient (Wildman–Crippen LogP) is 1.35. The van der Waals surface area contributed by atoms with Crippen LogP contribution in [0.1, 0.15) is 46.0 Å². The number of nitrogens with two attached hydrogens (primary N) is 1. The Hall–Kier alpha value is -0.610. The molecule has 0 aromatic carbocycles. The SMILES string of the molecule is CC(N)CCCC(C)C(=O)NCCN(C)C1CC1. The van der Waals surface area contributed by atoms with Crippen LogP contribution in [0.5, 0.6) is 0 Å². The van der Waals surface area contributed by atoms with Crippen LogP contribution in [-0.2, 0) is 4.79 Å². The monoisotopic (exact) mass is 255 g/mol. The molecule has 0 spiro atoms. The van der Waals surface area contributed by atoms with Gasteiger partial charge in [0.05, 0.1) is 0 Å². The molecule has 0 bridgehead atoms. The first-order chi connectivity index (χ1) is 8.50. The molecule has 0 aromatic rings. The highest BCUT2D eigenvalue weighted by Crippen LogP contribution is 2.24. The van der Waals surface area contributed by atoms with Crippen molar-refractivity contribution in [2.75, 3.05) is 20.1 Å². The number of nitrogens with zero attached hydrogens (tertiary/aromatic N) is 1. The van der Waals surface area contributed by atoms with Crippen molar-refractivity contribution in [1.29, 1.82) is 0 Å². The van der Waals surface area contributed by atoms with Crippen LogP contribution in [0.15, 0.2) is 0 Å². The lowest BCUT2D eigenvalue weighted by Gasteiger charge is -2.17. The second-order valence-corrected chi connectivity index (χ2v) is 5.81. The summed E-state index contributed by atoms with van der Waals surface area (Å²) in [6, 6.07) is 1.01. The Kier molecular flexibility index (Phi) is 6.65. The van der Waals surface area contributed by atoms with E-state index in [1.807, 2.05) is 13.8 Å². The standard InChI is InChI=1S/C14H29N3O/c1-11(5-4-6-12(2)15)14(18)16-9-10-17(3)13-7-8-13/h11-13H,4-10,15H2,1-3H3,(H,16,18). The average molecular weight is 255 g/mol. The Morgan fingerprint density at radius 3 is 2.61 bits per heavy atom. The fourth-order valence-corrected chi connectivity index (χ4v) is 2.10. The van der Waals surface area contributed by atoms with Crippen LogP contribution in [0.25, 0.3) is 0 Å². The molecule has 0 radical (unpaired) electrons. The number of hydrogen-bond acceptors (Lipinski definition) is 3. The van der Waals surface area contributed by atoms with Gasteiger partial charge in [-0.3, -0.25) is 4.79 Å². The average Bonchev–Trinajstić information content (AvgIpc) is 3.11. The smallest absolute Gasteiger partial charge is 0.222 e. The largest absolute Gasteiger partial charge is 0.355 e. The molecule has 1 rings (SSSR count). The summed E-state index contributed by atoms with van der Waals surface area (Å²) in [6.07, 6.45) is 5.61. The minimum atomic E-state index is 0.106. The van der Waals surface area contributed by atoms with Gasteiger partial charge < -0.3 is 16.0 Å². The fourth-order valence-electron chi connectivity index (χ4n) is 2.10. The summed E-state index contributed by atoms with van der Waals surface area (Å²) in [7, 11) is 2.13. The lowest BCUT2D eigenvalue weighted by atomic mass is 10.0. The van der Waals surface area contributed by atoms with Crippen LogP contribution in [0.4, 0.5) is 0 Å². The molecule has 1 aliphatic carbocycles. The van der Waals surface area contributed by atoms with Crippen molar-refractivity contribution in [3.8, 4) is 0 Å². The number of carbonyl (C=O) groups is 1. The zero-order valence-corrected chi connectivity index (χ0v) is 12.1. The molecule has 18 heavy (non-hydrogen) atoms. The quantitative estimate of drug-likeness (QED) is 0.654. The maximum Gasteiger partial charge on any atom is 0.222 e. The van der Waals surface area contributed by atoms with E-state index in [-0.39, 0.29) is 17.9 Å². The number of hydrogen-bond donors (Lipinski definition) is 2. The highest BCUT2D eigenvalue weighted by Gasteiger charge is 2.25. The first kappa shape index (κ1) is 15.4. The van der Waals surface area contributed by atoms with Crippen molar-refractivity contribution >= 4 is 5.91 Å². The van der Waals surface area contributed by atoms with Gasteiger partial charge in [-0.1, -0.05) is 13.3 Å². The number of likely N-dealkylation sites (N-methyl/N-ethyl adjacent to an activating group) is 1. The molecule has 2 atom stereocenters. The molecule has 0 heterocycles. The molecular formula is C14H29N3O. The van der Waals surface area contributed by atoms with Crippen molar-refractivity contribution in [3.05, 3.63) is 0 Å². The van der Waals surface area contributed by atoms with E-state index >= 15 is 0 Å². The van der Waals surface area contributed by atoms with Crippen molar-refractivity contribution in [2.45, 2.75) is 58.0 Å². The molecular weight excluding hydrogens is 226 g/mol. The Labute approximate surface area is 111 Å². The molecule has 4 nitrogen and oxygen atoms in total. The van der Waals surface area contributed by atoms with Gasteiger partial charge in [-0.05, 0) is 39.7 Å². The number of rotatable bonds is 9. The van der Waals surface area contributed by atoms with Crippen molar-refractivity contribution in [2.24, 2.45) is 11.7 Å². The summed E-state index contributed by atoms with van der Waals surface area (Å²) in [4.78, 5) is 14.2. The van der Waals surface area contributed by atoms with E-state index in [2.05, 4.69) is 17.3 Å². The van der Waals surface area contributed by atoms with Gasteiger partial charge in [0.2, 0.25) is 5.91 Å². The summed E-state index contributed by atoms with van der Waals surface area (Å²) in [5, 5.41) is 3.02. The number of carbonyl (C=O) groups excluding carboxylic acids is 1. The molecule has 0 aromatic heterocycles. The van der Waals surface area contributed by atoms with Gasteiger partial charge in [-0.2, -0.15) is 0 Å². The van der Waals surface area contributed by atoms with Gasteiger partial charge in [-0.15, -0.1) is 0 Å². The van der Waals surface area contributed by atoms with Crippen molar-refractivity contribution < 1.29 is 4.79 Å². The van der Waals surface area contributed by atoms with Crippen LogP contribution >= 0.6 is 0 Å². The highest BCUT2D eigenvalue weighted by molar-refractivity contribution is 5.78. The van der Waals surface area contributed by atoms with Gasteiger partial charge in [0, 0.05) is 31.1 Å². The van der Waals surface area contributed by atoms with Gasteiger partial charge in [-0.25, -0.2) is 0 Å². The molecule has 4 heteroatoms. The number of amides is 1. The Balaban J connectivity index is 2.03. The van der Waals surface area contributed by atoms with E-state index in [9.17, 15) is 4.79 Å². The highest BCUT2D eigenvalue weighted by atomic mass is 16.1. The summed E-state index contributed by atoms with van der Waals surface area (Å²) < 4.78 is 0. The molecule has 0 aliphatic heterocycles. The third-order valence-corrected chi connectivity index (χ3v) is 3.68. The molecule has 1 fully saturated rings. The summed E-state index contributed by atoms with van der Waals surface area (Å²) >= 11 is 0. The van der Waals surface area contributed by atoms with Gasteiger partial charge in [0.25, 0.3) is 0 Å². The Bertz CT molecular complexity index is 251. The lowest BCUT2D eigenvalue weighted by molar-refractivity contribution is -0.124. The predicted molar refractivity (Wildman–Crippen MR) is 75.3 cm³/mol. The van der Waals surface area contributed by atoms with Crippen LogP contribution in [0, 0.1) is 5.92 Å². The van der Waals surface area contributed by atoms with E-state index in [1.165, 1.54) is 12.8 Å². The summed E-state index contributed by atoms with van der Waals surface area (Å²) in [5.41, 5.74) is 5.70. The van der Waals surface area contributed by atoms with E-state index in [1.54, 1.807) is 0 Å². The minimum Gasteiger partial charge on any atom is -0.355 e. The third-order valence-electron chi connectivity index (χ3n) is 3.68.